The van der Waals surface area contributed by atoms with E-state index in [2.05, 4.69) is 23.0 Å². The van der Waals surface area contributed by atoms with E-state index < -0.39 is 0 Å². The van der Waals surface area contributed by atoms with E-state index in [0.29, 0.717) is 6.61 Å². The quantitative estimate of drug-likeness (QED) is 0.547. The number of ether oxygens (including phenoxy) is 1. The maximum atomic E-state index is 5.83. The van der Waals surface area contributed by atoms with E-state index in [0.717, 1.165) is 32.7 Å². The molecule has 108 valence electrons. The Morgan fingerprint density at radius 2 is 2.00 bits per heavy atom. The van der Waals surface area contributed by atoms with Crippen LogP contribution in [0.1, 0.15) is 5.56 Å². The first-order chi connectivity index (χ1) is 10.2. The highest BCUT2D eigenvalue weighted by Gasteiger charge is 2.05. The van der Waals surface area contributed by atoms with Crippen molar-refractivity contribution < 1.29 is 4.74 Å². The minimum Gasteiger partial charge on any atom is -0.493 e. The summed E-state index contributed by atoms with van der Waals surface area (Å²) in [5.41, 5.74) is 3.31. The SMILES string of the molecule is Cc1cccc2[nH]c(SCCOc3ccc(Cl)cc3)nc12. The average Bonchev–Trinajstić information content (AvgIpc) is 2.90. The van der Waals surface area contributed by atoms with Crippen molar-refractivity contribution in [2.45, 2.75) is 12.1 Å². The summed E-state index contributed by atoms with van der Waals surface area (Å²) in [6, 6.07) is 13.5. The summed E-state index contributed by atoms with van der Waals surface area (Å²) in [5.74, 6) is 1.67. The monoisotopic (exact) mass is 318 g/mol. The number of fused-ring (bicyclic) bond motifs is 1. The van der Waals surface area contributed by atoms with Gasteiger partial charge in [-0.05, 0) is 42.8 Å². The number of hydrogen-bond donors (Lipinski definition) is 1. The summed E-state index contributed by atoms with van der Waals surface area (Å²) in [6.45, 7) is 2.70. The van der Waals surface area contributed by atoms with Gasteiger partial charge in [0.05, 0.1) is 17.6 Å². The lowest BCUT2D eigenvalue weighted by atomic mass is 10.2. The summed E-state index contributed by atoms with van der Waals surface area (Å²) in [6.07, 6.45) is 0. The smallest absolute Gasteiger partial charge is 0.166 e. The van der Waals surface area contributed by atoms with E-state index in [4.69, 9.17) is 16.3 Å². The molecule has 0 saturated heterocycles. The molecule has 0 spiro atoms. The third kappa shape index (κ3) is 3.52. The van der Waals surface area contributed by atoms with Crippen molar-refractivity contribution in [3.8, 4) is 5.75 Å². The zero-order valence-electron chi connectivity index (χ0n) is 11.6. The molecule has 1 heterocycles. The molecule has 0 aliphatic carbocycles. The molecule has 0 fully saturated rings. The van der Waals surface area contributed by atoms with Crippen molar-refractivity contribution in [3.05, 3.63) is 53.1 Å². The van der Waals surface area contributed by atoms with E-state index in [-0.39, 0.29) is 0 Å². The van der Waals surface area contributed by atoms with Crippen LogP contribution in [0.4, 0.5) is 0 Å². The Hall–Kier alpha value is -1.65. The number of benzene rings is 2. The third-order valence-corrected chi connectivity index (χ3v) is 4.19. The highest BCUT2D eigenvalue weighted by molar-refractivity contribution is 7.99. The molecular weight excluding hydrogens is 304 g/mol. The minimum atomic E-state index is 0.627. The van der Waals surface area contributed by atoms with E-state index in [1.165, 1.54) is 5.56 Å². The lowest BCUT2D eigenvalue weighted by Crippen LogP contribution is -2.00. The standard InChI is InChI=1S/C16H15ClN2OS/c1-11-3-2-4-14-15(11)19-16(18-14)21-10-9-20-13-7-5-12(17)6-8-13/h2-8H,9-10H2,1H3,(H,18,19). The van der Waals surface area contributed by atoms with Gasteiger partial charge in [-0.25, -0.2) is 4.98 Å². The lowest BCUT2D eigenvalue weighted by molar-refractivity contribution is 0.344. The van der Waals surface area contributed by atoms with Gasteiger partial charge in [0.2, 0.25) is 0 Å². The molecule has 0 unspecified atom stereocenters. The molecule has 0 aliphatic rings. The second-order valence-electron chi connectivity index (χ2n) is 4.66. The van der Waals surface area contributed by atoms with Gasteiger partial charge in [0, 0.05) is 10.8 Å². The summed E-state index contributed by atoms with van der Waals surface area (Å²) >= 11 is 7.49. The first-order valence-electron chi connectivity index (χ1n) is 6.69. The Bertz CT molecular complexity index is 740. The first kappa shape index (κ1) is 14.3. The van der Waals surface area contributed by atoms with E-state index in [9.17, 15) is 0 Å². The number of imidazole rings is 1. The van der Waals surface area contributed by atoms with Crippen molar-refractivity contribution in [1.29, 1.82) is 0 Å². The number of rotatable bonds is 5. The lowest BCUT2D eigenvalue weighted by Gasteiger charge is -2.04. The van der Waals surface area contributed by atoms with Crippen LogP contribution in [0.5, 0.6) is 5.75 Å². The fourth-order valence-electron chi connectivity index (χ4n) is 2.05. The third-order valence-electron chi connectivity index (χ3n) is 3.10. The highest BCUT2D eigenvalue weighted by atomic mass is 35.5. The molecule has 21 heavy (non-hydrogen) atoms. The fourth-order valence-corrected chi connectivity index (χ4v) is 2.87. The topological polar surface area (TPSA) is 37.9 Å². The number of aromatic amines is 1. The fraction of sp³-hybridized carbons (Fsp3) is 0.188. The van der Waals surface area contributed by atoms with Crippen LogP contribution in [0.25, 0.3) is 11.0 Å². The summed E-state index contributed by atoms with van der Waals surface area (Å²) in [4.78, 5) is 7.92. The second kappa shape index (κ2) is 6.41. The number of para-hydroxylation sites is 1. The predicted molar refractivity (Wildman–Crippen MR) is 88.5 cm³/mol. The molecule has 1 N–H and O–H groups in total. The van der Waals surface area contributed by atoms with Gasteiger partial charge < -0.3 is 9.72 Å². The molecule has 2 aromatic carbocycles. The number of hydrogen-bond acceptors (Lipinski definition) is 3. The van der Waals surface area contributed by atoms with Crippen molar-refractivity contribution in [3.63, 3.8) is 0 Å². The Morgan fingerprint density at radius 1 is 1.19 bits per heavy atom. The average molecular weight is 319 g/mol. The van der Waals surface area contributed by atoms with Gasteiger partial charge in [-0.1, -0.05) is 35.5 Å². The Labute approximate surface area is 132 Å². The van der Waals surface area contributed by atoms with Crippen LogP contribution in [0.15, 0.2) is 47.6 Å². The van der Waals surface area contributed by atoms with E-state index in [1.807, 2.05) is 36.4 Å². The summed E-state index contributed by atoms with van der Waals surface area (Å²) < 4.78 is 5.66. The number of halogens is 1. The Kier molecular flexibility index (Phi) is 4.36. The van der Waals surface area contributed by atoms with Gasteiger partial charge in [-0.2, -0.15) is 0 Å². The summed E-state index contributed by atoms with van der Waals surface area (Å²) in [5, 5.41) is 1.65. The largest absolute Gasteiger partial charge is 0.493 e. The molecule has 3 nitrogen and oxygen atoms in total. The van der Waals surface area contributed by atoms with Crippen molar-refractivity contribution in [2.75, 3.05) is 12.4 Å². The van der Waals surface area contributed by atoms with Crippen LogP contribution in [0.3, 0.4) is 0 Å². The van der Waals surface area contributed by atoms with Crippen molar-refractivity contribution >= 4 is 34.4 Å². The second-order valence-corrected chi connectivity index (χ2v) is 6.18. The van der Waals surface area contributed by atoms with Gasteiger partial charge in [-0.3, -0.25) is 0 Å². The first-order valence-corrected chi connectivity index (χ1v) is 8.05. The van der Waals surface area contributed by atoms with Gasteiger partial charge in [0.15, 0.2) is 5.16 Å². The Balaban J connectivity index is 1.54. The zero-order chi connectivity index (χ0) is 14.7. The zero-order valence-corrected chi connectivity index (χ0v) is 13.2. The molecule has 5 heteroatoms. The van der Waals surface area contributed by atoms with E-state index >= 15 is 0 Å². The number of nitrogens with zero attached hydrogens (tertiary/aromatic N) is 1. The van der Waals surface area contributed by atoms with Crippen LogP contribution >= 0.6 is 23.4 Å². The molecule has 0 bridgehead atoms. The van der Waals surface area contributed by atoms with E-state index in [1.54, 1.807) is 11.8 Å². The van der Waals surface area contributed by atoms with Crippen molar-refractivity contribution in [1.82, 2.24) is 9.97 Å². The molecule has 0 amide bonds. The molecule has 0 atom stereocenters. The normalized spacial score (nSPS) is 11.0. The van der Waals surface area contributed by atoms with Crippen LogP contribution in [0, 0.1) is 6.92 Å². The van der Waals surface area contributed by atoms with Crippen LogP contribution in [-0.4, -0.2) is 22.3 Å². The number of aryl methyl sites for hydroxylation is 1. The molecule has 3 rings (SSSR count). The van der Waals surface area contributed by atoms with Gasteiger partial charge in [-0.15, -0.1) is 0 Å². The predicted octanol–water partition coefficient (Wildman–Crippen LogP) is 4.70. The number of H-pyrrole nitrogens is 1. The number of thioether (sulfide) groups is 1. The maximum absolute atomic E-state index is 5.83. The number of aromatic nitrogens is 2. The van der Waals surface area contributed by atoms with Crippen molar-refractivity contribution in [2.24, 2.45) is 0 Å². The molecule has 0 radical (unpaired) electrons. The summed E-state index contributed by atoms with van der Waals surface area (Å²) in [7, 11) is 0. The van der Waals surface area contributed by atoms with Crippen LogP contribution in [-0.2, 0) is 0 Å². The van der Waals surface area contributed by atoms with Gasteiger partial charge in [0.25, 0.3) is 0 Å². The number of nitrogens with one attached hydrogen (secondary N) is 1. The minimum absolute atomic E-state index is 0.627. The maximum Gasteiger partial charge on any atom is 0.166 e. The Morgan fingerprint density at radius 3 is 2.76 bits per heavy atom. The molecular formula is C16H15ClN2OS. The molecule has 0 saturated carbocycles. The van der Waals surface area contributed by atoms with Crippen LogP contribution in [0.2, 0.25) is 5.02 Å². The van der Waals surface area contributed by atoms with Gasteiger partial charge in [0.1, 0.15) is 5.75 Å². The molecule has 3 aromatic rings. The van der Waals surface area contributed by atoms with Crippen LogP contribution < -0.4 is 4.74 Å². The highest BCUT2D eigenvalue weighted by Crippen LogP contribution is 2.22. The molecule has 1 aromatic heterocycles. The van der Waals surface area contributed by atoms with Gasteiger partial charge >= 0.3 is 0 Å². The molecule has 0 aliphatic heterocycles.